The molecule has 0 spiro atoms. The quantitative estimate of drug-likeness (QED) is 0.362. The second-order valence-electron chi connectivity index (χ2n) is 9.53. The van der Waals surface area contributed by atoms with Crippen molar-refractivity contribution in [2.24, 2.45) is 0 Å². The van der Waals surface area contributed by atoms with E-state index in [0.29, 0.717) is 35.7 Å². The molecule has 37 heavy (non-hydrogen) atoms. The van der Waals surface area contributed by atoms with E-state index < -0.39 is 12.6 Å². The van der Waals surface area contributed by atoms with Crippen LogP contribution in [-0.4, -0.2) is 39.0 Å². The zero-order valence-electron chi connectivity index (χ0n) is 20.5. The molecular weight excluding hydrogens is 481 g/mol. The minimum Gasteiger partial charge on any atom is -0.379 e. The summed E-state index contributed by atoms with van der Waals surface area (Å²) in [5, 5.41) is 9.17. The number of allylic oxidation sites excluding steroid dienone is 2. The van der Waals surface area contributed by atoms with Crippen LogP contribution in [0.1, 0.15) is 49.9 Å². The molecule has 1 saturated carbocycles. The van der Waals surface area contributed by atoms with Crippen LogP contribution < -0.4 is 16.0 Å². The van der Waals surface area contributed by atoms with Crippen molar-refractivity contribution in [3.63, 3.8) is 0 Å². The summed E-state index contributed by atoms with van der Waals surface area (Å²) < 4.78 is 40.2. The van der Waals surface area contributed by atoms with Crippen molar-refractivity contribution >= 4 is 23.1 Å². The van der Waals surface area contributed by atoms with Gasteiger partial charge in [0.05, 0.1) is 18.7 Å². The molecule has 10 heteroatoms. The number of halogens is 3. The van der Waals surface area contributed by atoms with E-state index in [1.54, 1.807) is 6.20 Å². The number of carbonyl (C=O) groups is 1. The van der Waals surface area contributed by atoms with Crippen LogP contribution in [0, 0.1) is 0 Å². The second kappa shape index (κ2) is 10.3. The molecule has 3 N–H and O–H groups in total. The minimum atomic E-state index is -4.27. The van der Waals surface area contributed by atoms with Gasteiger partial charge in [0.1, 0.15) is 0 Å². The maximum Gasteiger partial charge on any atom is 0.390 e. The first-order chi connectivity index (χ1) is 17.8. The molecule has 1 amide bonds. The molecule has 194 valence electrons. The molecule has 2 heterocycles. The fourth-order valence-electron chi connectivity index (χ4n) is 4.44. The molecule has 1 unspecified atom stereocenters. The fourth-order valence-corrected chi connectivity index (χ4v) is 4.44. The zero-order valence-corrected chi connectivity index (χ0v) is 20.5. The number of rotatable bonds is 9. The Hall–Kier alpha value is -3.82. The lowest BCUT2D eigenvalue weighted by Gasteiger charge is -2.20. The first kappa shape index (κ1) is 24.9. The Kier molecular flexibility index (Phi) is 6.90. The molecule has 0 bridgehead atoms. The lowest BCUT2D eigenvalue weighted by Crippen LogP contribution is -2.28. The van der Waals surface area contributed by atoms with Gasteiger partial charge in [-0.2, -0.15) is 13.2 Å². The third kappa shape index (κ3) is 6.12. The molecular formula is C27H29F3N6O. The number of benzene rings is 1. The first-order valence-electron chi connectivity index (χ1n) is 12.4. The first-order valence-corrected chi connectivity index (χ1v) is 12.4. The van der Waals surface area contributed by atoms with Crippen molar-refractivity contribution in [3.05, 3.63) is 77.4 Å². The maximum atomic E-state index is 12.8. The highest BCUT2D eigenvalue weighted by atomic mass is 19.4. The average molecular weight is 511 g/mol. The average Bonchev–Trinajstić information content (AvgIpc) is 3.57. The Morgan fingerprint density at radius 2 is 1.95 bits per heavy atom. The third-order valence-electron chi connectivity index (χ3n) is 6.51. The number of alkyl halides is 3. The van der Waals surface area contributed by atoms with Crippen molar-refractivity contribution in [1.82, 2.24) is 19.7 Å². The van der Waals surface area contributed by atoms with E-state index >= 15 is 0 Å². The highest BCUT2D eigenvalue weighted by molar-refractivity contribution is 5.98. The minimum absolute atomic E-state index is 0.0344. The fraction of sp³-hybridized carbons (Fsp3) is 0.370. The molecule has 5 rings (SSSR count). The largest absolute Gasteiger partial charge is 0.390 e. The number of nitrogens with one attached hydrogen (secondary N) is 3. The number of hydrogen-bond acceptors (Lipinski definition) is 5. The number of fused-ring (bicyclic) bond motifs is 1. The van der Waals surface area contributed by atoms with E-state index in [4.69, 9.17) is 0 Å². The van der Waals surface area contributed by atoms with Crippen LogP contribution in [0.15, 0.2) is 66.0 Å². The third-order valence-corrected chi connectivity index (χ3v) is 6.51. The number of imidazole rings is 1. The standard InChI is InChI=1S/C27H29F3N6O/c1-17-13-18(7-10-22(17)26(37)35-20-8-9-20)23-15-33-25-24(31-12-11-27(28,29)30)34-21(16-36(23)25)14-32-19-5-3-2-4-6-19/h2-6,10,13,15-16,18,20,32H,7-9,11-12,14H2,1H3,(H,31,34)(H,35,37). The number of hydrogen-bond donors (Lipinski definition) is 3. The monoisotopic (exact) mass is 510 g/mol. The summed E-state index contributed by atoms with van der Waals surface area (Å²) in [6.07, 6.45) is 5.06. The van der Waals surface area contributed by atoms with Gasteiger partial charge in [-0.15, -0.1) is 0 Å². The normalized spacial score (nSPS) is 17.8. The van der Waals surface area contributed by atoms with Crippen molar-refractivity contribution in [2.75, 3.05) is 17.2 Å². The number of carbonyl (C=O) groups excluding carboxylic acids is 1. The summed E-state index contributed by atoms with van der Waals surface area (Å²) in [5.74, 6) is 0.231. The van der Waals surface area contributed by atoms with Crippen LogP contribution in [0.5, 0.6) is 0 Å². The van der Waals surface area contributed by atoms with Crippen LogP contribution in [-0.2, 0) is 11.3 Å². The Bertz CT molecular complexity index is 1340. The molecule has 3 aromatic rings. The van der Waals surface area contributed by atoms with Crippen LogP contribution >= 0.6 is 0 Å². The number of anilines is 2. The summed E-state index contributed by atoms with van der Waals surface area (Å²) in [7, 11) is 0. The van der Waals surface area contributed by atoms with Gasteiger partial charge in [-0.05, 0) is 43.9 Å². The predicted molar refractivity (Wildman–Crippen MR) is 136 cm³/mol. The van der Waals surface area contributed by atoms with E-state index in [1.807, 2.05) is 53.9 Å². The summed E-state index contributed by atoms with van der Waals surface area (Å²) in [4.78, 5) is 21.6. The van der Waals surface area contributed by atoms with Crippen molar-refractivity contribution in [2.45, 2.75) is 57.3 Å². The molecule has 1 atom stereocenters. The van der Waals surface area contributed by atoms with E-state index in [2.05, 4.69) is 32.0 Å². The Labute approximate surface area is 212 Å². The van der Waals surface area contributed by atoms with Crippen LogP contribution in [0.4, 0.5) is 24.7 Å². The molecule has 2 aliphatic rings. The highest BCUT2D eigenvalue weighted by Gasteiger charge is 2.28. The summed E-state index contributed by atoms with van der Waals surface area (Å²) >= 11 is 0. The predicted octanol–water partition coefficient (Wildman–Crippen LogP) is 5.34. The van der Waals surface area contributed by atoms with Crippen molar-refractivity contribution in [1.29, 1.82) is 0 Å². The van der Waals surface area contributed by atoms with Crippen LogP contribution in [0.25, 0.3) is 5.65 Å². The van der Waals surface area contributed by atoms with Crippen molar-refractivity contribution in [3.8, 4) is 0 Å². The number of amides is 1. The van der Waals surface area contributed by atoms with Crippen molar-refractivity contribution < 1.29 is 18.0 Å². The molecule has 7 nitrogen and oxygen atoms in total. The molecule has 1 fully saturated rings. The van der Waals surface area contributed by atoms with Crippen LogP contribution in [0.3, 0.4) is 0 Å². The smallest absolute Gasteiger partial charge is 0.379 e. The molecule has 0 radical (unpaired) electrons. The molecule has 2 aromatic heterocycles. The van der Waals surface area contributed by atoms with Gasteiger partial charge >= 0.3 is 6.18 Å². The van der Waals surface area contributed by atoms with Gasteiger partial charge in [0, 0.05) is 47.9 Å². The number of aromatic nitrogens is 3. The van der Waals surface area contributed by atoms with Gasteiger partial charge in [0.2, 0.25) is 0 Å². The van der Waals surface area contributed by atoms with E-state index in [9.17, 15) is 18.0 Å². The number of nitrogens with zero attached hydrogens (tertiary/aromatic N) is 3. The summed E-state index contributed by atoms with van der Waals surface area (Å²) in [6.45, 7) is 2.01. The lowest BCUT2D eigenvalue weighted by atomic mass is 9.89. The van der Waals surface area contributed by atoms with Gasteiger partial charge in [-0.25, -0.2) is 9.97 Å². The maximum absolute atomic E-state index is 12.8. The van der Waals surface area contributed by atoms with Gasteiger partial charge in [0.15, 0.2) is 11.5 Å². The Balaban J connectivity index is 1.41. The topological polar surface area (TPSA) is 83.3 Å². The molecule has 1 aromatic carbocycles. The van der Waals surface area contributed by atoms with E-state index in [0.717, 1.165) is 29.8 Å². The molecule has 0 aliphatic heterocycles. The summed E-state index contributed by atoms with van der Waals surface area (Å²) in [6, 6.07) is 9.91. The van der Waals surface area contributed by atoms with E-state index in [1.165, 1.54) is 0 Å². The Morgan fingerprint density at radius 3 is 2.65 bits per heavy atom. The van der Waals surface area contributed by atoms with Gasteiger partial charge in [0.25, 0.3) is 5.91 Å². The Morgan fingerprint density at radius 1 is 1.16 bits per heavy atom. The molecule has 0 saturated heterocycles. The van der Waals surface area contributed by atoms with E-state index in [-0.39, 0.29) is 24.4 Å². The second-order valence-corrected chi connectivity index (χ2v) is 9.53. The highest BCUT2D eigenvalue weighted by Crippen LogP contribution is 2.33. The summed E-state index contributed by atoms with van der Waals surface area (Å²) in [5.41, 5.74) is 4.51. The lowest BCUT2D eigenvalue weighted by molar-refractivity contribution is -0.131. The SMILES string of the molecule is CC1=CC(c2cnc3c(NCCC(F)(F)F)nc(CNc4ccccc4)cn23)CC=C1C(=O)NC1CC1. The van der Waals surface area contributed by atoms with Gasteiger partial charge in [-0.1, -0.05) is 30.4 Å². The zero-order chi connectivity index (χ0) is 26.0. The van der Waals surface area contributed by atoms with Gasteiger partial charge < -0.3 is 16.0 Å². The number of para-hydroxylation sites is 1. The molecule has 2 aliphatic carbocycles. The van der Waals surface area contributed by atoms with Gasteiger partial charge in [-0.3, -0.25) is 9.20 Å². The van der Waals surface area contributed by atoms with Crippen LogP contribution in [0.2, 0.25) is 0 Å².